The number of nitrogens with one attached hydrogen (secondary N) is 1. The molecule has 0 aliphatic carbocycles. The molecule has 0 radical (unpaired) electrons. The quantitative estimate of drug-likeness (QED) is 0.732. The topological polar surface area (TPSA) is 63.9 Å². The van der Waals surface area contributed by atoms with E-state index in [-0.39, 0.29) is 0 Å². The van der Waals surface area contributed by atoms with Gasteiger partial charge in [0, 0.05) is 12.6 Å². The summed E-state index contributed by atoms with van der Waals surface area (Å²) < 4.78 is 5.36. The first kappa shape index (κ1) is 8.07. The van der Waals surface area contributed by atoms with Gasteiger partial charge in [0.1, 0.15) is 12.4 Å². The second-order valence-corrected chi connectivity index (χ2v) is 2.72. The van der Waals surface area contributed by atoms with Crippen molar-refractivity contribution in [1.82, 2.24) is 9.97 Å². The van der Waals surface area contributed by atoms with Crippen LogP contribution in [0, 0.1) is 0 Å². The minimum absolute atomic E-state index is 0.529. The predicted octanol–water partition coefficient (Wildman–Crippen LogP) is 0.900. The number of nitrogens with two attached hydrogens (primary N) is 1. The third kappa shape index (κ3) is 1.62. The molecule has 0 saturated heterocycles. The molecule has 4 heteroatoms. The van der Waals surface area contributed by atoms with E-state index in [2.05, 4.69) is 9.97 Å². The van der Waals surface area contributed by atoms with Crippen molar-refractivity contribution in [2.45, 2.75) is 0 Å². The number of fused-ring (bicyclic) bond motifs is 1. The number of hydrogen-bond donors (Lipinski definition) is 2. The van der Waals surface area contributed by atoms with Crippen LogP contribution in [0.3, 0.4) is 0 Å². The Balaban J connectivity index is 2.26. The Labute approximate surface area is 75.7 Å². The van der Waals surface area contributed by atoms with E-state index in [1.807, 2.05) is 18.2 Å². The van der Waals surface area contributed by atoms with Gasteiger partial charge in [0.25, 0.3) is 0 Å². The van der Waals surface area contributed by atoms with Gasteiger partial charge in [-0.2, -0.15) is 0 Å². The van der Waals surface area contributed by atoms with E-state index in [0.717, 1.165) is 16.8 Å². The number of rotatable bonds is 3. The fourth-order valence-corrected chi connectivity index (χ4v) is 1.18. The molecule has 0 atom stereocenters. The lowest BCUT2D eigenvalue weighted by Crippen LogP contribution is -2.10. The first-order valence-electron chi connectivity index (χ1n) is 4.16. The standard InChI is InChI=1S/C9H11N3O/c10-3-4-13-7-1-2-8-9(5-7)12-6-11-8/h1-2,5-6H,3-4,10H2,(H,11,12). The van der Waals surface area contributed by atoms with Crippen LogP contribution in [0.4, 0.5) is 0 Å². The molecule has 2 rings (SSSR count). The van der Waals surface area contributed by atoms with E-state index >= 15 is 0 Å². The lowest BCUT2D eigenvalue weighted by Gasteiger charge is -2.02. The fraction of sp³-hybridized carbons (Fsp3) is 0.222. The monoisotopic (exact) mass is 177 g/mol. The molecule has 1 heterocycles. The van der Waals surface area contributed by atoms with Crippen molar-refractivity contribution in [3.63, 3.8) is 0 Å². The Morgan fingerprint density at radius 1 is 1.46 bits per heavy atom. The third-order valence-corrected chi connectivity index (χ3v) is 1.78. The van der Waals surface area contributed by atoms with Crippen molar-refractivity contribution < 1.29 is 4.74 Å². The van der Waals surface area contributed by atoms with Crippen LogP contribution >= 0.6 is 0 Å². The Morgan fingerprint density at radius 2 is 2.38 bits per heavy atom. The van der Waals surface area contributed by atoms with Gasteiger partial charge in [-0.05, 0) is 12.1 Å². The SMILES string of the molecule is NCCOc1ccc2nc[nH]c2c1. The van der Waals surface area contributed by atoms with Gasteiger partial charge in [0.15, 0.2) is 0 Å². The van der Waals surface area contributed by atoms with Crippen LogP contribution in [0.15, 0.2) is 24.5 Å². The van der Waals surface area contributed by atoms with Crippen molar-refractivity contribution in [1.29, 1.82) is 0 Å². The molecule has 4 nitrogen and oxygen atoms in total. The van der Waals surface area contributed by atoms with E-state index in [4.69, 9.17) is 10.5 Å². The summed E-state index contributed by atoms with van der Waals surface area (Å²) in [5.41, 5.74) is 7.25. The average Bonchev–Trinajstić information content (AvgIpc) is 2.61. The lowest BCUT2D eigenvalue weighted by molar-refractivity contribution is 0.328. The molecular weight excluding hydrogens is 166 g/mol. The van der Waals surface area contributed by atoms with Crippen LogP contribution in [0.5, 0.6) is 5.75 Å². The van der Waals surface area contributed by atoms with Crippen LogP contribution in [0.25, 0.3) is 11.0 Å². The number of imidazole rings is 1. The Morgan fingerprint density at radius 3 is 3.23 bits per heavy atom. The lowest BCUT2D eigenvalue weighted by atomic mass is 10.3. The summed E-state index contributed by atoms with van der Waals surface area (Å²) in [6, 6.07) is 5.72. The molecule has 0 amide bonds. The minimum Gasteiger partial charge on any atom is -0.492 e. The van der Waals surface area contributed by atoms with Gasteiger partial charge in [0.2, 0.25) is 0 Å². The van der Waals surface area contributed by atoms with Crippen molar-refractivity contribution in [2.24, 2.45) is 5.73 Å². The number of H-pyrrole nitrogens is 1. The number of ether oxygens (including phenoxy) is 1. The van der Waals surface area contributed by atoms with Crippen molar-refractivity contribution in [2.75, 3.05) is 13.2 Å². The van der Waals surface area contributed by atoms with Crippen LogP contribution < -0.4 is 10.5 Å². The summed E-state index contributed by atoms with van der Waals surface area (Å²) in [7, 11) is 0. The number of hydrogen-bond acceptors (Lipinski definition) is 3. The summed E-state index contributed by atoms with van der Waals surface area (Å²) in [5, 5.41) is 0. The molecule has 13 heavy (non-hydrogen) atoms. The van der Waals surface area contributed by atoms with Gasteiger partial charge < -0.3 is 15.5 Å². The maximum Gasteiger partial charge on any atom is 0.121 e. The van der Waals surface area contributed by atoms with Crippen LogP contribution in [0.1, 0.15) is 0 Å². The molecule has 68 valence electrons. The molecule has 1 aromatic carbocycles. The van der Waals surface area contributed by atoms with Gasteiger partial charge in [-0.15, -0.1) is 0 Å². The predicted molar refractivity (Wildman–Crippen MR) is 50.6 cm³/mol. The van der Waals surface area contributed by atoms with Gasteiger partial charge in [-0.1, -0.05) is 0 Å². The van der Waals surface area contributed by atoms with Crippen molar-refractivity contribution in [3.8, 4) is 5.75 Å². The Bertz CT molecular complexity index is 396. The summed E-state index contributed by atoms with van der Waals surface area (Å²) in [5.74, 6) is 0.821. The normalized spacial score (nSPS) is 10.5. The zero-order valence-corrected chi connectivity index (χ0v) is 7.16. The van der Waals surface area contributed by atoms with Crippen molar-refractivity contribution >= 4 is 11.0 Å². The van der Waals surface area contributed by atoms with Crippen LogP contribution in [-0.2, 0) is 0 Å². The number of aromatic nitrogens is 2. The summed E-state index contributed by atoms with van der Waals surface area (Å²) in [6.07, 6.45) is 1.66. The fourth-order valence-electron chi connectivity index (χ4n) is 1.18. The van der Waals surface area contributed by atoms with Gasteiger partial charge in [-0.3, -0.25) is 0 Å². The zero-order valence-electron chi connectivity index (χ0n) is 7.16. The molecule has 0 unspecified atom stereocenters. The number of aromatic amines is 1. The highest BCUT2D eigenvalue weighted by atomic mass is 16.5. The Kier molecular flexibility index (Phi) is 2.14. The number of nitrogens with zero attached hydrogens (tertiary/aromatic N) is 1. The molecule has 2 aromatic rings. The summed E-state index contributed by atoms with van der Waals surface area (Å²) in [6.45, 7) is 1.07. The van der Waals surface area contributed by atoms with E-state index < -0.39 is 0 Å². The molecule has 0 aliphatic heterocycles. The van der Waals surface area contributed by atoms with E-state index in [0.29, 0.717) is 13.2 Å². The largest absolute Gasteiger partial charge is 0.492 e. The Hall–Kier alpha value is -1.55. The molecule has 0 bridgehead atoms. The highest BCUT2D eigenvalue weighted by Crippen LogP contribution is 2.17. The smallest absolute Gasteiger partial charge is 0.121 e. The molecule has 0 aliphatic rings. The molecule has 0 spiro atoms. The van der Waals surface area contributed by atoms with E-state index in [9.17, 15) is 0 Å². The highest BCUT2D eigenvalue weighted by molar-refractivity contribution is 5.75. The van der Waals surface area contributed by atoms with Gasteiger partial charge in [0.05, 0.1) is 17.4 Å². The first-order valence-corrected chi connectivity index (χ1v) is 4.16. The molecule has 1 aromatic heterocycles. The maximum atomic E-state index is 5.36. The maximum absolute atomic E-state index is 5.36. The van der Waals surface area contributed by atoms with Gasteiger partial charge in [-0.25, -0.2) is 4.98 Å². The van der Waals surface area contributed by atoms with Crippen LogP contribution in [0.2, 0.25) is 0 Å². The summed E-state index contributed by atoms with van der Waals surface area (Å²) >= 11 is 0. The highest BCUT2D eigenvalue weighted by Gasteiger charge is 1.97. The van der Waals surface area contributed by atoms with E-state index in [1.54, 1.807) is 6.33 Å². The molecule has 3 N–H and O–H groups in total. The second-order valence-electron chi connectivity index (χ2n) is 2.72. The molecular formula is C9H11N3O. The van der Waals surface area contributed by atoms with E-state index in [1.165, 1.54) is 0 Å². The molecule has 0 saturated carbocycles. The second kappa shape index (κ2) is 3.45. The average molecular weight is 177 g/mol. The first-order chi connectivity index (χ1) is 6.40. The zero-order chi connectivity index (χ0) is 9.10. The number of benzene rings is 1. The van der Waals surface area contributed by atoms with Crippen molar-refractivity contribution in [3.05, 3.63) is 24.5 Å². The van der Waals surface area contributed by atoms with Gasteiger partial charge >= 0.3 is 0 Å². The third-order valence-electron chi connectivity index (χ3n) is 1.78. The summed E-state index contributed by atoms with van der Waals surface area (Å²) in [4.78, 5) is 7.12. The minimum atomic E-state index is 0.529. The molecule has 0 fully saturated rings. The van der Waals surface area contributed by atoms with Crippen LogP contribution in [-0.4, -0.2) is 23.1 Å².